The number of thiophene rings is 2. The van der Waals surface area contributed by atoms with Crippen molar-refractivity contribution in [3.8, 4) is 5.75 Å². The van der Waals surface area contributed by atoms with E-state index in [1.807, 2.05) is 29.2 Å². The summed E-state index contributed by atoms with van der Waals surface area (Å²) in [6, 6.07) is 13.8. The topological polar surface area (TPSA) is 29.5 Å². The number of methoxy groups -OCH3 is 1. The standard InChI is InChI=1S/C19H17NO2S2/c1-22-14-5-2-4-13(12-14)19(21)20-9-7-16-15(8-11-24-16)18(20)17-6-3-10-23-17/h2-6,8,10-12,18H,7,9H2,1H3/t18-/m1/s1. The molecule has 0 bridgehead atoms. The van der Waals surface area contributed by atoms with E-state index >= 15 is 0 Å². The lowest BCUT2D eigenvalue weighted by Gasteiger charge is -2.35. The van der Waals surface area contributed by atoms with Crippen molar-refractivity contribution in [1.82, 2.24) is 4.90 Å². The molecule has 1 aliphatic rings. The van der Waals surface area contributed by atoms with Gasteiger partial charge < -0.3 is 9.64 Å². The van der Waals surface area contributed by atoms with Crippen molar-refractivity contribution in [1.29, 1.82) is 0 Å². The predicted octanol–water partition coefficient (Wildman–Crippen LogP) is 4.61. The average molecular weight is 355 g/mol. The van der Waals surface area contributed by atoms with Gasteiger partial charge >= 0.3 is 0 Å². The minimum absolute atomic E-state index is 0.0127. The van der Waals surface area contributed by atoms with Crippen molar-refractivity contribution < 1.29 is 9.53 Å². The summed E-state index contributed by atoms with van der Waals surface area (Å²) < 4.78 is 5.27. The second kappa shape index (κ2) is 6.42. The summed E-state index contributed by atoms with van der Waals surface area (Å²) in [4.78, 5) is 17.8. The van der Waals surface area contributed by atoms with E-state index in [0.29, 0.717) is 11.3 Å². The summed E-state index contributed by atoms with van der Waals surface area (Å²) in [5.74, 6) is 0.769. The Morgan fingerprint density at radius 2 is 2.08 bits per heavy atom. The number of rotatable bonds is 3. The predicted molar refractivity (Wildman–Crippen MR) is 98.2 cm³/mol. The maximum absolute atomic E-state index is 13.2. The molecule has 0 spiro atoms. The quantitative estimate of drug-likeness (QED) is 0.687. The highest BCUT2D eigenvalue weighted by atomic mass is 32.1. The first-order valence-electron chi connectivity index (χ1n) is 7.82. The van der Waals surface area contributed by atoms with Gasteiger partial charge in [-0.3, -0.25) is 4.79 Å². The van der Waals surface area contributed by atoms with Crippen LogP contribution in [0.3, 0.4) is 0 Å². The Balaban J connectivity index is 1.74. The van der Waals surface area contributed by atoms with Crippen LogP contribution in [-0.4, -0.2) is 24.5 Å². The van der Waals surface area contributed by atoms with Gasteiger partial charge in [0.1, 0.15) is 5.75 Å². The molecule has 1 aliphatic heterocycles. The molecule has 4 rings (SSSR count). The number of amides is 1. The summed E-state index contributed by atoms with van der Waals surface area (Å²) in [7, 11) is 1.62. The Bertz CT molecular complexity index is 854. The first-order valence-corrected chi connectivity index (χ1v) is 9.58. The summed E-state index contributed by atoms with van der Waals surface area (Å²) in [6.07, 6.45) is 0.921. The van der Waals surface area contributed by atoms with Gasteiger partial charge in [-0.05, 0) is 53.1 Å². The Labute approximate surface area is 149 Å². The zero-order chi connectivity index (χ0) is 16.5. The monoisotopic (exact) mass is 355 g/mol. The summed E-state index contributed by atoms with van der Waals surface area (Å²) in [6.45, 7) is 0.742. The molecule has 2 aromatic heterocycles. The molecule has 1 atom stereocenters. The van der Waals surface area contributed by atoms with E-state index in [-0.39, 0.29) is 11.9 Å². The highest BCUT2D eigenvalue weighted by Gasteiger charge is 2.33. The van der Waals surface area contributed by atoms with Crippen LogP contribution in [0.4, 0.5) is 0 Å². The lowest BCUT2D eigenvalue weighted by molar-refractivity contribution is 0.0698. The molecule has 0 aliphatic carbocycles. The summed E-state index contributed by atoms with van der Waals surface area (Å²) in [5.41, 5.74) is 1.94. The molecule has 3 aromatic rings. The molecule has 0 fully saturated rings. The van der Waals surface area contributed by atoms with Crippen LogP contribution in [-0.2, 0) is 6.42 Å². The Morgan fingerprint density at radius 1 is 1.17 bits per heavy atom. The minimum atomic E-state index is 0.0127. The van der Waals surface area contributed by atoms with Crippen LogP contribution >= 0.6 is 22.7 Å². The molecule has 0 saturated heterocycles. The van der Waals surface area contributed by atoms with E-state index < -0.39 is 0 Å². The molecule has 0 saturated carbocycles. The summed E-state index contributed by atoms with van der Waals surface area (Å²) in [5, 5.41) is 4.20. The average Bonchev–Trinajstić information content (AvgIpc) is 3.31. The van der Waals surface area contributed by atoms with Gasteiger partial charge in [-0.15, -0.1) is 22.7 Å². The summed E-state index contributed by atoms with van der Waals surface area (Å²) >= 11 is 3.50. The number of ether oxygens (including phenoxy) is 1. The van der Waals surface area contributed by atoms with Crippen LogP contribution < -0.4 is 4.74 Å². The van der Waals surface area contributed by atoms with Crippen molar-refractivity contribution in [3.05, 3.63) is 74.1 Å². The fraction of sp³-hybridized carbons (Fsp3) is 0.211. The number of benzene rings is 1. The van der Waals surface area contributed by atoms with Gasteiger partial charge in [-0.2, -0.15) is 0 Å². The number of hydrogen-bond donors (Lipinski definition) is 0. The van der Waals surface area contributed by atoms with Gasteiger partial charge in [-0.25, -0.2) is 0 Å². The van der Waals surface area contributed by atoms with Gasteiger partial charge in [0.05, 0.1) is 13.2 Å². The zero-order valence-corrected chi connectivity index (χ0v) is 14.9. The Kier molecular flexibility index (Phi) is 4.12. The van der Waals surface area contributed by atoms with E-state index in [9.17, 15) is 4.79 Å². The largest absolute Gasteiger partial charge is 0.497 e. The van der Waals surface area contributed by atoms with E-state index in [1.54, 1.807) is 29.8 Å². The molecule has 0 N–H and O–H groups in total. The normalized spacial score (nSPS) is 16.7. The number of nitrogens with zero attached hydrogens (tertiary/aromatic N) is 1. The Morgan fingerprint density at radius 3 is 2.88 bits per heavy atom. The molecule has 122 valence electrons. The molecule has 3 heterocycles. The SMILES string of the molecule is COc1cccc(C(=O)N2CCc3sccc3[C@@H]2c2cccs2)c1. The second-order valence-corrected chi connectivity index (χ2v) is 7.68. The number of fused-ring (bicyclic) bond motifs is 1. The van der Waals surface area contributed by atoms with E-state index in [0.717, 1.165) is 13.0 Å². The van der Waals surface area contributed by atoms with Gasteiger partial charge in [0.25, 0.3) is 5.91 Å². The minimum Gasteiger partial charge on any atom is -0.497 e. The van der Waals surface area contributed by atoms with Crippen LogP contribution in [0.15, 0.2) is 53.2 Å². The van der Waals surface area contributed by atoms with Gasteiger partial charge in [0.15, 0.2) is 0 Å². The zero-order valence-electron chi connectivity index (χ0n) is 13.3. The lowest BCUT2D eigenvalue weighted by atomic mass is 9.97. The second-order valence-electron chi connectivity index (χ2n) is 5.70. The highest BCUT2D eigenvalue weighted by Crippen LogP contribution is 2.40. The third-order valence-electron chi connectivity index (χ3n) is 4.36. The maximum atomic E-state index is 13.2. The number of carbonyl (C=O) groups is 1. The van der Waals surface area contributed by atoms with Crippen LogP contribution in [0.1, 0.15) is 31.7 Å². The molecule has 5 heteroatoms. The van der Waals surface area contributed by atoms with Crippen molar-refractivity contribution in [3.63, 3.8) is 0 Å². The number of carbonyl (C=O) groups excluding carboxylic acids is 1. The molecule has 0 radical (unpaired) electrons. The van der Waals surface area contributed by atoms with Crippen LogP contribution in [0.25, 0.3) is 0 Å². The number of hydrogen-bond acceptors (Lipinski definition) is 4. The molecule has 3 nitrogen and oxygen atoms in total. The molecular weight excluding hydrogens is 338 g/mol. The van der Waals surface area contributed by atoms with Gasteiger partial charge in [0.2, 0.25) is 0 Å². The smallest absolute Gasteiger partial charge is 0.254 e. The highest BCUT2D eigenvalue weighted by molar-refractivity contribution is 7.10. The van der Waals surface area contributed by atoms with Crippen molar-refractivity contribution in [2.75, 3.05) is 13.7 Å². The van der Waals surface area contributed by atoms with Crippen LogP contribution in [0.2, 0.25) is 0 Å². The molecule has 1 aromatic carbocycles. The molecule has 1 amide bonds. The molecular formula is C19H17NO2S2. The first-order chi connectivity index (χ1) is 11.8. The van der Waals surface area contributed by atoms with Crippen molar-refractivity contribution in [2.24, 2.45) is 0 Å². The lowest BCUT2D eigenvalue weighted by Crippen LogP contribution is -2.39. The first kappa shape index (κ1) is 15.4. The molecule has 0 unspecified atom stereocenters. The molecule has 24 heavy (non-hydrogen) atoms. The van der Waals surface area contributed by atoms with Crippen LogP contribution in [0, 0.1) is 0 Å². The van der Waals surface area contributed by atoms with Crippen molar-refractivity contribution >= 4 is 28.6 Å². The van der Waals surface area contributed by atoms with E-state index in [4.69, 9.17) is 4.74 Å². The van der Waals surface area contributed by atoms with Crippen molar-refractivity contribution in [2.45, 2.75) is 12.5 Å². The van der Waals surface area contributed by atoms with Gasteiger partial charge in [-0.1, -0.05) is 12.1 Å². The fourth-order valence-electron chi connectivity index (χ4n) is 3.21. The van der Waals surface area contributed by atoms with E-state index in [2.05, 4.69) is 29.0 Å². The third-order valence-corrected chi connectivity index (χ3v) is 6.28. The fourth-order valence-corrected chi connectivity index (χ4v) is 4.97. The maximum Gasteiger partial charge on any atom is 0.254 e. The van der Waals surface area contributed by atoms with Crippen LogP contribution in [0.5, 0.6) is 5.75 Å². The van der Waals surface area contributed by atoms with Gasteiger partial charge in [0, 0.05) is 21.9 Å². The third kappa shape index (κ3) is 2.64. The van der Waals surface area contributed by atoms with E-state index in [1.165, 1.54) is 15.3 Å². The Hall–Kier alpha value is -2.11.